The molecule has 1 amide bonds. The zero-order chi connectivity index (χ0) is 14.9. The van der Waals surface area contributed by atoms with Crippen LogP contribution in [-0.2, 0) is 9.53 Å². The summed E-state index contributed by atoms with van der Waals surface area (Å²) in [5.74, 6) is 0.679. The van der Waals surface area contributed by atoms with Gasteiger partial charge in [0.15, 0.2) is 0 Å². The van der Waals surface area contributed by atoms with Crippen LogP contribution in [0, 0.1) is 0 Å². The summed E-state index contributed by atoms with van der Waals surface area (Å²) < 4.78 is 11.5. The van der Waals surface area contributed by atoms with Crippen LogP contribution in [0.1, 0.15) is 25.7 Å². The van der Waals surface area contributed by atoms with Crippen LogP contribution in [0.15, 0.2) is 24.3 Å². The van der Waals surface area contributed by atoms with Crippen LogP contribution in [0.3, 0.4) is 0 Å². The fraction of sp³-hybridized carbons (Fsp3) is 0.562. The van der Waals surface area contributed by atoms with Crippen molar-refractivity contribution in [3.63, 3.8) is 0 Å². The Morgan fingerprint density at radius 2 is 2.24 bits per heavy atom. The van der Waals surface area contributed by atoms with Crippen molar-refractivity contribution in [1.82, 2.24) is 5.32 Å². The van der Waals surface area contributed by atoms with Gasteiger partial charge in [-0.25, -0.2) is 0 Å². The number of hydrogen-bond acceptors (Lipinski definition) is 4. The van der Waals surface area contributed by atoms with Gasteiger partial charge in [0, 0.05) is 19.6 Å². The van der Waals surface area contributed by atoms with Crippen molar-refractivity contribution in [2.45, 2.75) is 31.8 Å². The summed E-state index contributed by atoms with van der Waals surface area (Å²) in [7, 11) is 1.83. The highest BCUT2D eigenvalue weighted by Crippen LogP contribution is 2.25. The summed E-state index contributed by atoms with van der Waals surface area (Å²) in [5, 5.41) is 5.85. The molecule has 1 aliphatic rings. The molecule has 1 heterocycles. The van der Waals surface area contributed by atoms with Gasteiger partial charge in [-0.3, -0.25) is 4.79 Å². The number of hydrogen-bond donors (Lipinski definition) is 2. The van der Waals surface area contributed by atoms with Gasteiger partial charge in [-0.15, -0.1) is 0 Å². The topological polar surface area (TPSA) is 59.6 Å². The molecule has 2 rings (SSSR count). The molecule has 0 radical (unpaired) electrons. The van der Waals surface area contributed by atoms with E-state index in [1.165, 1.54) is 6.42 Å². The Bertz CT molecular complexity index is 445. The Morgan fingerprint density at radius 3 is 3.00 bits per heavy atom. The first kappa shape index (κ1) is 15.8. The Hall–Kier alpha value is -1.59. The highest BCUT2D eigenvalue weighted by molar-refractivity contribution is 5.92. The maximum absolute atomic E-state index is 11.8. The van der Waals surface area contributed by atoms with Gasteiger partial charge >= 0.3 is 0 Å². The SMILES string of the molecule is CNCCC(=O)Nc1ccccc1OCC1CCCCO1. The van der Waals surface area contributed by atoms with Gasteiger partial charge in [-0.2, -0.15) is 0 Å². The predicted octanol–water partition coefficient (Wildman–Crippen LogP) is 2.18. The first-order chi connectivity index (χ1) is 10.3. The Morgan fingerprint density at radius 1 is 1.38 bits per heavy atom. The Kier molecular flexibility index (Phi) is 6.50. The molecule has 5 nitrogen and oxygen atoms in total. The summed E-state index contributed by atoms with van der Waals surface area (Å²) in [6.07, 6.45) is 3.96. The van der Waals surface area contributed by atoms with E-state index in [9.17, 15) is 4.79 Å². The molecule has 0 saturated carbocycles. The Labute approximate surface area is 126 Å². The number of benzene rings is 1. The zero-order valence-corrected chi connectivity index (χ0v) is 12.6. The van der Waals surface area contributed by atoms with E-state index in [0.717, 1.165) is 25.1 Å². The van der Waals surface area contributed by atoms with Crippen LogP contribution in [0.4, 0.5) is 5.69 Å². The molecule has 0 spiro atoms. The van der Waals surface area contributed by atoms with Crippen LogP contribution < -0.4 is 15.4 Å². The molecule has 21 heavy (non-hydrogen) atoms. The van der Waals surface area contributed by atoms with Crippen LogP contribution >= 0.6 is 0 Å². The number of para-hydroxylation sites is 2. The Balaban J connectivity index is 1.88. The third-order valence-corrected chi connectivity index (χ3v) is 3.46. The number of amides is 1. The quantitative estimate of drug-likeness (QED) is 0.808. The van der Waals surface area contributed by atoms with Crippen molar-refractivity contribution in [2.24, 2.45) is 0 Å². The van der Waals surface area contributed by atoms with E-state index >= 15 is 0 Å². The standard InChI is InChI=1S/C16H24N2O3/c1-17-10-9-16(19)18-14-7-2-3-8-15(14)21-12-13-6-4-5-11-20-13/h2-3,7-8,13,17H,4-6,9-12H2,1H3,(H,18,19). The fourth-order valence-electron chi connectivity index (χ4n) is 2.27. The number of anilines is 1. The highest BCUT2D eigenvalue weighted by Gasteiger charge is 2.15. The molecule has 1 fully saturated rings. The predicted molar refractivity (Wildman–Crippen MR) is 82.7 cm³/mol. The van der Waals surface area contributed by atoms with Crippen LogP contribution in [-0.4, -0.2) is 38.8 Å². The molecule has 1 aliphatic heterocycles. The molecule has 0 aliphatic carbocycles. The molecule has 0 bridgehead atoms. The monoisotopic (exact) mass is 292 g/mol. The second-order valence-electron chi connectivity index (χ2n) is 5.20. The van der Waals surface area contributed by atoms with Crippen LogP contribution in [0.5, 0.6) is 5.75 Å². The maximum Gasteiger partial charge on any atom is 0.225 e. The summed E-state index contributed by atoms with van der Waals surface area (Å²) in [6.45, 7) is 2.00. The number of ether oxygens (including phenoxy) is 2. The highest BCUT2D eigenvalue weighted by atomic mass is 16.5. The number of carbonyl (C=O) groups is 1. The van der Waals surface area contributed by atoms with Crippen molar-refractivity contribution in [2.75, 3.05) is 32.1 Å². The second kappa shape index (κ2) is 8.64. The normalized spacial score (nSPS) is 18.2. The number of rotatable bonds is 7. The fourth-order valence-corrected chi connectivity index (χ4v) is 2.27. The van der Waals surface area contributed by atoms with Crippen molar-refractivity contribution < 1.29 is 14.3 Å². The van der Waals surface area contributed by atoms with E-state index in [0.29, 0.717) is 25.3 Å². The molecule has 1 aromatic rings. The molecule has 0 aromatic heterocycles. The van der Waals surface area contributed by atoms with Crippen LogP contribution in [0.2, 0.25) is 0 Å². The molecule has 116 valence electrons. The molecule has 1 atom stereocenters. The molecular weight excluding hydrogens is 268 g/mol. The minimum absolute atomic E-state index is 0.0192. The third kappa shape index (κ3) is 5.36. The minimum atomic E-state index is -0.0192. The van der Waals surface area contributed by atoms with Crippen molar-refractivity contribution in [3.05, 3.63) is 24.3 Å². The number of carbonyl (C=O) groups excluding carboxylic acids is 1. The molecule has 1 unspecified atom stereocenters. The van der Waals surface area contributed by atoms with Crippen molar-refractivity contribution in [3.8, 4) is 5.75 Å². The first-order valence-electron chi connectivity index (χ1n) is 7.57. The van der Waals surface area contributed by atoms with E-state index in [-0.39, 0.29) is 12.0 Å². The lowest BCUT2D eigenvalue weighted by atomic mass is 10.1. The van der Waals surface area contributed by atoms with Gasteiger partial charge in [0.2, 0.25) is 5.91 Å². The lowest BCUT2D eigenvalue weighted by Crippen LogP contribution is -2.26. The lowest BCUT2D eigenvalue weighted by molar-refractivity contribution is -0.116. The van der Waals surface area contributed by atoms with Crippen molar-refractivity contribution >= 4 is 11.6 Å². The lowest BCUT2D eigenvalue weighted by Gasteiger charge is -2.23. The molecular formula is C16H24N2O3. The smallest absolute Gasteiger partial charge is 0.225 e. The second-order valence-corrected chi connectivity index (χ2v) is 5.20. The van der Waals surface area contributed by atoms with Gasteiger partial charge in [0.25, 0.3) is 0 Å². The summed E-state index contributed by atoms with van der Waals surface area (Å²) in [5.41, 5.74) is 0.717. The van der Waals surface area contributed by atoms with Gasteiger partial charge in [-0.05, 0) is 38.4 Å². The average molecular weight is 292 g/mol. The zero-order valence-electron chi connectivity index (χ0n) is 12.6. The molecule has 5 heteroatoms. The van der Waals surface area contributed by atoms with Gasteiger partial charge < -0.3 is 20.1 Å². The van der Waals surface area contributed by atoms with E-state index in [4.69, 9.17) is 9.47 Å². The summed E-state index contributed by atoms with van der Waals surface area (Å²) >= 11 is 0. The van der Waals surface area contributed by atoms with E-state index in [2.05, 4.69) is 10.6 Å². The first-order valence-corrected chi connectivity index (χ1v) is 7.57. The van der Waals surface area contributed by atoms with E-state index in [1.54, 1.807) is 0 Å². The van der Waals surface area contributed by atoms with Crippen molar-refractivity contribution in [1.29, 1.82) is 0 Å². The summed E-state index contributed by atoms with van der Waals surface area (Å²) in [4.78, 5) is 11.8. The minimum Gasteiger partial charge on any atom is -0.489 e. The van der Waals surface area contributed by atoms with Gasteiger partial charge in [0.05, 0.1) is 11.8 Å². The van der Waals surface area contributed by atoms with E-state index in [1.807, 2.05) is 31.3 Å². The largest absolute Gasteiger partial charge is 0.489 e. The summed E-state index contributed by atoms with van der Waals surface area (Å²) in [6, 6.07) is 7.52. The molecule has 1 aromatic carbocycles. The molecule has 2 N–H and O–H groups in total. The molecule has 1 saturated heterocycles. The third-order valence-electron chi connectivity index (χ3n) is 3.46. The maximum atomic E-state index is 11.8. The number of nitrogens with one attached hydrogen (secondary N) is 2. The van der Waals surface area contributed by atoms with E-state index < -0.39 is 0 Å². The van der Waals surface area contributed by atoms with Gasteiger partial charge in [-0.1, -0.05) is 12.1 Å². The van der Waals surface area contributed by atoms with Crippen LogP contribution in [0.25, 0.3) is 0 Å². The van der Waals surface area contributed by atoms with Gasteiger partial charge in [0.1, 0.15) is 12.4 Å². The average Bonchev–Trinajstić information content (AvgIpc) is 2.53.